The summed E-state index contributed by atoms with van der Waals surface area (Å²) in [4.78, 5) is 13.2. The van der Waals surface area contributed by atoms with E-state index in [1.165, 1.54) is 4.90 Å². The molecule has 0 bridgehead atoms. The number of nitrogens with zero attached hydrogens (tertiary/aromatic N) is 1. The number of benzene rings is 1. The van der Waals surface area contributed by atoms with Crippen molar-refractivity contribution < 1.29 is 9.90 Å². The van der Waals surface area contributed by atoms with Gasteiger partial charge in [0.2, 0.25) is 0 Å². The summed E-state index contributed by atoms with van der Waals surface area (Å²) < 4.78 is 0. The topological polar surface area (TPSA) is 92.6 Å². The van der Waals surface area contributed by atoms with E-state index >= 15 is 0 Å². The van der Waals surface area contributed by atoms with Gasteiger partial charge in [-0.3, -0.25) is 4.79 Å². The summed E-state index contributed by atoms with van der Waals surface area (Å²) in [6, 6.07) is 4.75. The molecule has 0 heterocycles. The zero-order chi connectivity index (χ0) is 11.4. The molecule has 1 aromatic carbocycles. The van der Waals surface area contributed by atoms with Crippen LogP contribution in [0.5, 0.6) is 0 Å². The quantitative estimate of drug-likeness (QED) is 0.607. The molecular weight excluding hydrogens is 194 g/mol. The molecule has 0 atom stereocenters. The van der Waals surface area contributed by atoms with Crippen molar-refractivity contribution in [1.82, 2.24) is 4.90 Å². The molecule has 0 aliphatic carbocycles. The standard InChI is InChI=1S/C10H15N3O2/c1-13(4-5-14)10(15)8-3-2-7(11)6-9(8)12/h2-3,6,14H,4-5,11-12H2,1H3. The van der Waals surface area contributed by atoms with Crippen molar-refractivity contribution in [2.45, 2.75) is 0 Å². The Morgan fingerprint density at radius 3 is 2.67 bits per heavy atom. The van der Waals surface area contributed by atoms with Gasteiger partial charge < -0.3 is 21.5 Å². The monoisotopic (exact) mass is 209 g/mol. The predicted molar refractivity (Wildman–Crippen MR) is 59.3 cm³/mol. The highest BCUT2D eigenvalue weighted by atomic mass is 16.3. The van der Waals surface area contributed by atoms with Gasteiger partial charge >= 0.3 is 0 Å². The van der Waals surface area contributed by atoms with Crippen LogP contribution < -0.4 is 11.5 Å². The normalized spacial score (nSPS) is 10.0. The predicted octanol–water partition coefficient (Wildman–Crippen LogP) is -0.0847. The lowest BCUT2D eigenvalue weighted by molar-refractivity contribution is 0.0768. The molecule has 0 saturated heterocycles. The largest absolute Gasteiger partial charge is 0.399 e. The average molecular weight is 209 g/mol. The Hall–Kier alpha value is -1.75. The summed E-state index contributed by atoms with van der Waals surface area (Å²) in [6.45, 7) is 0.208. The Labute approximate surface area is 88.3 Å². The minimum atomic E-state index is -0.221. The van der Waals surface area contributed by atoms with E-state index in [0.717, 1.165) is 0 Å². The molecule has 0 aromatic heterocycles. The molecule has 0 spiro atoms. The van der Waals surface area contributed by atoms with Gasteiger partial charge in [0.15, 0.2) is 0 Å². The number of anilines is 2. The van der Waals surface area contributed by atoms with E-state index in [-0.39, 0.29) is 19.1 Å². The first-order chi connectivity index (χ1) is 7.06. The van der Waals surface area contributed by atoms with Gasteiger partial charge in [-0.05, 0) is 18.2 Å². The lowest BCUT2D eigenvalue weighted by Crippen LogP contribution is -2.30. The minimum Gasteiger partial charge on any atom is -0.399 e. The second-order valence-corrected chi connectivity index (χ2v) is 3.30. The Morgan fingerprint density at radius 2 is 2.13 bits per heavy atom. The van der Waals surface area contributed by atoms with Gasteiger partial charge in [0.05, 0.1) is 12.2 Å². The Morgan fingerprint density at radius 1 is 1.47 bits per heavy atom. The maximum atomic E-state index is 11.8. The smallest absolute Gasteiger partial charge is 0.255 e. The molecule has 0 fully saturated rings. The number of carbonyl (C=O) groups excluding carboxylic acids is 1. The van der Waals surface area contributed by atoms with Crippen LogP contribution in [-0.2, 0) is 0 Å². The second-order valence-electron chi connectivity index (χ2n) is 3.30. The van der Waals surface area contributed by atoms with Crippen LogP contribution in [0, 0.1) is 0 Å². The lowest BCUT2D eigenvalue weighted by atomic mass is 10.1. The van der Waals surface area contributed by atoms with E-state index in [4.69, 9.17) is 16.6 Å². The Balaban J connectivity index is 2.91. The van der Waals surface area contributed by atoms with Gasteiger partial charge in [-0.1, -0.05) is 0 Å². The Kier molecular flexibility index (Phi) is 3.51. The molecule has 1 aromatic rings. The van der Waals surface area contributed by atoms with E-state index in [0.29, 0.717) is 16.9 Å². The summed E-state index contributed by atoms with van der Waals surface area (Å²) in [5.41, 5.74) is 12.5. The SMILES string of the molecule is CN(CCO)C(=O)c1ccc(N)cc1N. The van der Waals surface area contributed by atoms with Gasteiger partial charge in [0.25, 0.3) is 5.91 Å². The summed E-state index contributed by atoms with van der Waals surface area (Å²) >= 11 is 0. The number of nitrogens with two attached hydrogens (primary N) is 2. The van der Waals surface area contributed by atoms with Crippen LogP contribution in [0.2, 0.25) is 0 Å². The molecule has 0 unspecified atom stereocenters. The van der Waals surface area contributed by atoms with Crippen molar-refractivity contribution >= 4 is 17.3 Å². The van der Waals surface area contributed by atoms with Gasteiger partial charge in [0, 0.05) is 25.0 Å². The lowest BCUT2D eigenvalue weighted by Gasteiger charge is -2.16. The molecule has 82 valence electrons. The van der Waals surface area contributed by atoms with Crippen molar-refractivity contribution in [3.05, 3.63) is 23.8 Å². The Bertz CT molecular complexity index is 366. The maximum Gasteiger partial charge on any atom is 0.255 e. The van der Waals surface area contributed by atoms with E-state index in [1.54, 1.807) is 25.2 Å². The summed E-state index contributed by atoms with van der Waals surface area (Å²) in [5, 5.41) is 8.70. The third-order valence-electron chi connectivity index (χ3n) is 2.09. The number of amides is 1. The zero-order valence-corrected chi connectivity index (χ0v) is 8.60. The fourth-order valence-electron chi connectivity index (χ4n) is 1.23. The number of carbonyl (C=O) groups is 1. The molecule has 15 heavy (non-hydrogen) atoms. The number of nitrogen functional groups attached to an aromatic ring is 2. The highest BCUT2D eigenvalue weighted by Crippen LogP contribution is 2.16. The number of aliphatic hydroxyl groups is 1. The molecule has 1 rings (SSSR count). The summed E-state index contributed by atoms with van der Waals surface area (Å²) in [6.07, 6.45) is 0. The third kappa shape index (κ3) is 2.60. The molecule has 0 aliphatic heterocycles. The molecule has 0 aliphatic rings. The van der Waals surface area contributed by atoms with Crippen LogP contribution in [0.25, 0.3) is 0 Å². The van der Waals surface area contributed by atoms with Crippen molar-refractivity contribution in [2.24, 2.45) is 0 Å². The van der Waals surface area contributed by atoms with E-state index in [2.05, 4.69) is 0 Å². The van der Waals surface area contributed by atoms with Gasteiger partial charge in [-0.25, -0.2) is 0 Å². The highest BCUT2D eigenvalue weighted by molar-refractivity contribution is 5.99. The van der Waals surface area contributed by atoms with Crippen LogP contribution >= 0.6 is 0 Å². The van der Waals surface area contributed by atoms with Crippen LogP contribution in [0.1, 0.15) is 10.4 Å². The van der Waals surface area contributed by atoms with Gasteiger partial charge in [-0.15, -0.1) is 0 Å². The molecule has 5 N–H and O–H groups in total. The third-order valence-corrected chi connectivity index (χ3v) is 2.09. The van der Waals surface area contributed by atoms with E-state index in [9.17, 15) is 4.79 Å². The molecule has 5 nitrogen and oxygen atoms in total. The van der Waals surface area contributed by atoms with Crippen molar-refractivity contribution in [3.8, 4) is 0 Å². The highest BCUT2D eigenvalue weighted by Gasteiger charge is 2.13. The molecule has 1 amide bonds. The number of likely N-dealkylation sites (N-methyl/N-ethyl adjacent to an activating group) is 1. The second kappa shape index (κ2) is 4.65. The van der Waals surface area contributed by atoms with Gasteiger partial charge in [-0.2, -0.15) is 0 Å². The van der Waals surface area contributed by atoms with Gasteiger partial charge in [0.1, 0.15) is 0 Å². The maximum absolute atomic E-state index is 11.8. The average Bonchev–Trinajstić information content (AvgIpc) is 2.17. The number of rotatable bonds is 3. The number of aliphatic hydroxyl groups excluding tert-OH is 1. The number of hydrogen-bond acceptors (Lipinski definition) is 4. The fraction of sp³-hybridized carbons (Fsp3) is 0.300. The van der Waals surface area contributed by atoms with Crippen LogP contribution in [0.15, 0.2) is 18.2 Å². The zero-order valence-electron chi connectivity index (χ0n) is 8.60. The summed E-state index contributed by atoms with van der Waals surface area (Å²) in [7, 11) is 1.61. The number of hydrogen-bond donors (Lipinski definition) is 3. The molecule has 0 radical (unpaired) electrons. The minimum absolute atomic E-state index is 0.0723. The van der Waals surface area contributed by atoms with Crippen LogP contribution in [0.3, 0.4) is 0 Å². The fourth-order valence-corrected chi connectivity index (χ4v) is 1.23. The summed E-state index contributed by atoms with van der Waals surface area (Å²) in [5.74, 6) is -0.221. The van der Waals surface area contributed by atoms with Crippen LogP contribution in [0.4, 0.5) is 11.4 Å². The first-order valence-corrected chi connectivity index (χ1v) is 4.57. The van der Waals surface area contributed by atoms with Crippen molar-refractivity contribution in [1.29, 1.82) is 0 Å². The first kappa shape index (κ1) is 11.3. The van der Waals surface area contributed by atoms with Crippen molar-refractivity contribution in [3.63, 3.8) is 0 Å². The van der Waals surface area contributed by atoms with Crippen LogP contribution in [-0.4, -0.2) is 36.1 Å². The molecular formula is C10H15N3O2. The molecule has 5 heteroatoms. The van der Waals surface area contributed by atoms with E-state index in [1.807, 2.05) is 0 Å². The van der Waals surface area contributed by atoms with Crippen molar-refractivity contribution in [2.75, 3.05) is 31.7 Å². The van der Waals surface area contributed by atoms with E-state index < -0.39 is 0 Å². The molecule has 0 saturated carbocycles. The first-order valence-electron chi connectivity index (χ1n) is 4.57.